The molecular weight excluding hydrogens is 264 g/mol. The monoisotopic (exact) mass is 284 g/mol. The number of fused-ring (bicyclic) bond motifs is 1. The number of hydrogen-bond acceptors (Lipinski definition) is 2. The lowest BCUT2D eigenvalue weighted by Gasteiger charge is -2.18. The molecule has 1 N–H and O–H groups in total. The SMILES string of the molecule is CCc1nc2cccc(C(=O)O)c2n1CC1(C2CC2)CC1. The van der Waals surface area contributed by atoms with Crippen molar-refractivity contribution in [3.8, 4) is 0 Å². The maximum atomic E-state index is 11.6. The average molecular weight is 284 g/mol. The van der Waals surface area contributed by atoms with E-state index in [9.17, 15) is 9.90 Å². The second-order valence-corrected chi connectivity index (χ2v) is 6.58. The van der Waals surface area contributed by atoms with Gasteiger partial charge in [0.2, 0.25) is 0 Å². The number of carbonyl (C=O) groups is 1. The van der Waals surface area contributed by atoms with Gasteiger partial charge in [-0.15, -0.1) is 0 Å². The molecule has 2 saturated carbocycles. The van der Waals surface area contributed by atoms with Gasteiger partial charge in [-0.05, 0) is 49.1 Å². The summed E-state index contributed by atoms with van der Waals surface area (Å²) in [6.45, 7) is 3.04. The standard InChI is InChI=1S/C17H20N2O2/c1-2-14-18-13-5-3-4-12(16(20)21)15(13)19(14)10-17(8-9-17)11-6-7-11/h3-5,11H,2,6-10H2,1H3,(H,20,21). The van der Waals surface area contributed by atoms with E-state index in [1.165, 1.54) is 25.7 Å². The molecule has 0 aliphatic heterocycles. The number of aromatic nitrogens is 2. The molecule has 0 radical (unpaired) electrons. The minimum absolute atomic E-state index is 0.381. The molecular formula is C17H20N2O2. The van der Waals surface area contributed by atoms with Gasteiger partial charge < -0.3 is 9.67 Å². The fraction of sp³-hybridized carbons (Fsp3) is 0.529. The van der Waals surface area contributed by atoms with Crippen LogP contribution in [0.1, 0.15) is 48.8 Å². The second kappa shape index (κ2) is 4.33. The van der Waals surface area contributed by atoms with Crippen molar-refractivity contribution in [1.82, 2.24) is 9.55 Å². The van der Waals surface area contributed by atoms with Crippen molar-refractivity contribution in [2.45, 2.75) is 45.6 Å². The molecule has 1 aromatic carbocycles. The van der Waals surface area contributed by atoms with Crippen LogP contribution in [0.15, 0.2) is 18.2 Å². The van der Waals surface area contributed by atoms with E-state index >= 15 is 0 Å². The molecule has 0 amide bonds. The molecule has 0 unspecified atom stereocenters. The summed E-state index contributed by atoms with van der Waals surface area (Å²) >= 11 is 0. The molecule has 2 fully saturated rings. The molecule has 2 aliphatic carbocycles. The van der Waals surface area contributed by atoms with Gasteiger partial charge in [-0.1, -0.05) is 13.0 Å². The predicted molar refractivity (Wildman–Crippen MR) is 80.5 cm³/mol. The summed E-state index contributed by atoms with van der Waals surface area (Å²) in [5, 5.41) is 9.48. The summed E-state index contributed by atoms with van der Waals surface area (Å²) in [5.41, 5.74) is 2.45. The minimum atomic E-state index is -0.860. The van der Waals surface area contributed by atoms with Gasteiger partial charge >= 0.3 is 5.97 Å². The first kappa shape index (κ1) is 12.9. The van der Waals surface area contributed by atoms with Gasteiger partial charge in [-0.25, -0.2) is 9.78 Å². The molecule has 2 aromatic rings. The topological polar surface area (TPSA) is 55.1 Å². The number of para-hydroxylation sites is 1. The maximum Gasteiger partial charge on any atom is 0.337 e. The number of benzene rings is 1. The number of aryl methyl sites for hydroxylation is 1. The van der Waals surface area contributed by atoms with Crippen LogP contribution in [0, 0.1) is 11.3 Å². The summed E-state index contributed by atoms with van der Waals surface area (Å²) in [6.07, 6.45) is 6.11. The third-order valence-electron chi connectivity index (χ3n) is 5.20. The van der Waals surface area contributed by atoms with Crippen molar-refractivity contribution in [2.24, 2.45) is 11.3 Å². The van der Waals surface area contributed by atoms with E-state index in [4.69, 9.17) is 0 Å². The summed E-state index contributed by atoms with van der Waals surface area (Å²) in [6, 6.07) is 5.41. The van der Waals surface area contributed by atoms with E-state index in [2.05, 4.69) is 16.5 Å². The first-order chi connectivity index (χ1) is 10.1. The number of imidazole rings is 1. The summed E-state index contributed by atoms with van der Waals surface area (Å²) in [4.78, 5) is 16.2. The highest BCUT2D eigenvalue weighted by Crippen LogP contribution is 2.62. The molecule has 2 aliphatic rings. The molecule has 0 spiro atoms. The van der Waals surface area contributed by atoms with E-state index in [0.29, 0.717) is 11.0 Å². The smallest absolute Gasteiger partial charge is 0.337 e. The van der Waals surface area contributed by atoms with Crippen LogP contribution in [0.2, 0.25) is 0 Å². The molecule has 1 heterocycles. The van der Waals surface area contributed by atoms with Crippen LogP contribution in [0.4, 0.5) is 0 Å². The van der Waals surface area contributed by atoms with Crippen molar-refractivity contribution >= 4 is 17.0 Å². The Balaban J connectivity index is 1.87. The van der Waals surface area contributed by atoms with Crippen LogP contribution < -0.4 is 0 Å². The quantitative estimate of drug-likeness (QED) is 0.914. The lowest BCUT2D eigenvalue weighted by atomic mass is 10.0. The maximum absolute atomic E-state index is 11.6. The van der Waals surface area contributed by atoms with Crippen LogP contribution in [-0.4, -0.2) is 20.6 Å². The Labute approximate surface area is 123 Å². The zero-order chi connectivity index (χ0) is 14.6. The Morgan fingerprint density at radius 3 is 2.76 bits per heavy atom. The molecule has 0 bridgehead atoms. The van der Waals surface area contributed by atoms with E-state index in [0.717, 1.165) is 35.7 Å². The molecule has 21 heavy (non-hydrogen) atoms. The molecule has 0 atom stereocenters. The Kier molecular flexibility index (Phi) is 2.65. The third-order valence-corrected chi connectivity index (χ3v) is 5.20. The van der Waals surface area contributed by atoms with E-state index < -0.39 is 5.97 Å². The lowest BCUT2D eigenvalue weighted by Crippen LogP contribution is -2.17. The van der Waals surface area contributed by atoms with Gasteiger partial charge in [0.05, 0.1) is 16.6 Å². The summed E-state index contributed by atoms with van der Waals surface area (Å²) in [7, 11) is 0. The van der Waals surface area contributed by atoms with Crippen LogP contribution in [0.5, 0.6) is 0 Å². The number of carboxylic acids is 1. The van der Waals surface area contributed by atoms with Crippen molar-refractivity contribution in [1.29, 1.82) is 0 Å². The van der Waals surface area contributed by atoms with Crippen LogP contribution in [-0.2, 0) is 13.0 Å². The third kappa shape index (κ3) is 1.96. The van der Waals surface area contributed by atoms with E-state index in [1.807, 2.05) is 6.07 Å². The minimum Gasteiger partial charge on any atom is -0.478 e. The average Bonchev–Trinajstić information content (AvgIpc) is 3.35. The highest BCUT2D eigenvalue weighted by atomic mass is 16.4. The van der Waals surface area contributed by atoms with Gasteiger partial charge in [-0.3, -0.25) is 0 Å². The van der Waals surface area contributed by atoms with Crippen LogP contribution in [0.25, 0.3) is 11.0 Å². The fourth-order valence-electron chi connectivity index (χ4n) is 3.71. The molecule has 4 heteroatoms. The van der Waals surface area contributed by atoms with Gasteiger partial charge in [0.15, 0.2) is 0 Å². The first-order valence-corrected chi connectivity index (χ1v) is 7.86. The fourth-order valence-corrected chi connectivity index (χ4v) is 3.71. The van der Waals surface area contributed by atoms with Crippen LogP contribution >= 0.6 is 0 Å². The highest BCUT2D eigenvalue weighted by Gasteiger charge is 2.54. The van der Waals surface area contributed by atoms with Crippen molar-refractivity contribution in [3.63, 3.8) is 0 Å². The number of aromatic carboxylic acids is 1. The number of carboxylic acid groups (broad SMARTS) is 1. The Bertz CT molecular complexity index is 724. The van der Waals surface area contributed by atoms with Gasteiger partial charge in [0.25, 0.3) is 0 Å². The number of hydrogen-bond donors (Lipinski definition) is 1. The second-order valence-electron chi connectivity index (χ2n) is 6.58. The zero-order valence-corrected chi connectivity index (χ0v) is 12.3. The zero-order valence-electron chi connectivity index (χ0n) is 12.3. The summed E-state index contributed by atoms with van der Waals surface area (Å²) < 4.78 is 2.20. The van der Waals surface area contributed by atoms with Crippen molar-refractivity contribution < 1.29 is 9.90 Å². The molecule has 110 valence electrons. The molecule has 4 rings (SSSR count). The van der Waals surface area contributed by atoms with Crippen LogP contribution in [0.3, 0.4) is 0 Å². The first-order valence-electron chi connectivity index (χ1n) is 7.86. The lowest BCUT2D eigenvalue weighted by molar-refractivity contribution is 0.0698. The highest BCUT2D eigenvalue weighted by molar-refractivity contribution is 6.01. The normalized spacial score (nSPS) is 19.9. The number of nitrogens with zero attached hydrogens (tertiary/aromatic N) is 2. The molecule has 0 saturated heterocycles. The largest absolute Gasteiger partial charge is 0.478 e. The van der Waals surface area contributed by atoms with Gasteiger partial charge in [0, 0.05) is 13.0 Å². The molecule has 4 nitrogen and oxygen atoms in total. The molecule has 1 aromatic heterocycles. The number of rotatable bonds is 5. The van der Waals surface area contributed by atoms with Gasteiger partial charge in [0.1, 0.15) is 5.82 Å². The predicted octanol–water partition coefficient (Wildman–Crippen LogP) is 3.49. The van der Waals surface area contributed by atoms with E-state index in [1.54, 1.807) is 12.1 Å². The van der Waals surface area contributed by atoms with Crippen molar-refractivity contribution in [2.75, 3.05) is 0 Å². The van der Waals surface area contributed by atoms with Crippen molar-refractivity contribution in [3.05, 3.63) is 29.6 Å². The van der Waals surface area contributed by atoms with E-state index in [-0.39, 0.29) is 0 Å². The summed E-state index contributed by atoms with van der Waals surface area (Å²) in [5.74, 6) is 1.02. The van der Waals surface area contributed by atoms with Gasteiger partial charge in [-0.2, -0.15) is 0 Å². The Hall–Kier alpha value is -1.84. The Morgan fingerprint density at radius 2 is 2.19 bits per heavy atom. The Morgan fingerprint density at radius 1 is 1.43 bits per heavy atom.